The number of carbonyl (C=O) groups excluding carboxylic acids is 2. The molecule has 1 heterocycles. The maximum atomic E-state index is 12.3. The van der Waals surface area contributed by atoms with Crippen molar-refractivity contribution in [1.29, 1.82) is 0 Å². The third-order valence-corrected chi connectivity index (χ3v) is 4.46. The minimum absolute atomic E-state index is 0.0667. The molecule has 7 nitrogen and oxygen atoms in total. The first-order valence-electron chi connectivity index (χ1n) is 7.59. The van der Waals surface area contributed by atoms with E-state index in [4.69, 9.17) is 0 Å². The largest absolute Gasteiger partial charge is 0.290 e. The molecule has 1 fully saturated rings. The SMILES string of the molecule is CC1(C(=O)NNC(=O)c2n[nH]c(=O)c3ccccc23)CCCC1. The number of benzene rings is 1. The van der Waals surface area contributed by atoms with E-state index >= 15 is 0 Å². The first-order valence-corrected chi connectivity index (χ1v) is 7.59. The molecule has 2 amide bonds. The molecule has 0 spiro atoms. The van der Waals surface area contributed by atoms with Crippen LogP contribution in [0.15, 0.2) is 29.1 Å². The van der Waals surface area contributed by atoms with Gasteiger partial charge in [-0.1, -0.05) is 38.0 Å². The number of hydrazine groups is 1. The van der Waals surface area contributed by atoms with Gasteiger partial charge >= 0.3 is 0 Å². The molecule has 0 atom stereocenters. The van der Waals surface area contributed by atoms with Crippen molar-refractivity contribution < 1.29 is 9.59 Å². The molecule has 1 aromatic heterocycles. The van der Waals surface area contributed by atoms with Crippen LogP contribution in [0.1, 0.15) is 43.1 Å². The number of hydrogen-bond donors (Lipinski definition) is 3. The van der Waals surface area contributed by atoms with E-state index in [0.717, 1.165) is 25.7 Å². The van der Waals surface area contributed by atoms with Crippen molar-refractivity contribution in [3.8, 4) is 0 Å². The first kappa shape index (κ1) is 15.2. The van der Waals surface area contributed by atoms with E-state index in [1.54, 1.807) is 24.3 Å². The van der Waals surface area contributed by atoms with Gasteiger partial charge in [0.15, 0.2) is 5.69 Å². The summed E-state index contributed by atoms with van der Waals surface area (Å²) in [4.78, 5) is 36.2. The molecule has 23 heavy (non-hydrogen) atoms. The van der Waals surface area contributed by atoms with Crippen molar-refractivity contribution in [1.82, 2.24) is 21.0 Å². The fraction of sp³-hybridized carbons (Fsp3) is 0.375. The standard InChI is InChI=1S/C16H18N4O3/c1-16(8-4-5-9-16)15(23)20-19-14(22)12-10-6-2-3-7-11(10)13(21)18-17-12/h2-3,6-7H,4-5,8-9H2,1H3,(H,18,21)(H,19,22)(H,20,23). The van der Waals surface area contributed by atoms with Crippen LogP contribution in [-0.2, 0) is 4.79 Å². The van der Waals surface area contributed by atoms with Gasteiger partial charge in [-0.15, -0.1) is 0 Å². The minimum Gasteiger partial charge on any atom is -0.273 e. The van der Waals surface area contributed by atoms with Crippen LogP contribution in [0.25, 0.3) is 10.8 Å². The number of fused-ring (bicyclic) bond motifs is 1. The molecule has 1 saturated carbocycles. The predicted octanol–water partition coefficient (Wildman–Crippen LogP) is 1.26. The highest BCUT2D eigenvalue weighted by Gasteiger charge is 2.36. The number of rotatable bonds is 2. The van der Waals surface area contributed by atoms with Crippen LogP contribution in [-0.4, -0.2) is 22.0 Å². The third-order valence-electron chi connectivity index (χ3n) is 4.46. The minimum atomic E-state index is -0.563. The number of nitrogens with zero attached hydrogens (tertiary/aromatic N) is 1. The van der Waals surface area contributed by atoms with Gasteiger partial charge in [0.1, 0.15) is 0 Å². The lowest BCUT2D eigenvalue weighted by atomic mass is 9.88. The molecule has 3 N–H and O–H groups in total. The van der Waals surface area contributed by atoms with E-state index in [-0.39, 0.29) is 17.2 Å². The van der Waals surface area contributed by atoms with Gasteiger partial charge in [0.2, 0.25) is 5.91 Å². The first-order chi connectivity index (χ1) is 11.0. The van der Waals surface area contributed by atoms with E-state index in [1.807, 2.05) is 6.92 Å². The molecule has 0 unspecified atom stereocenters. The van der Waals surface area contributed by atoms with Crippen molar-refractivity contribution in [2.75, 3.05) is 0 Å². The molecule has 0 aliphatic heterocycles. The van der Waals surface area contributed by atoms with Gasteiger partial charge in [0, 0.05) is 10.8 Å². The summed E-state index contributed by atoms with van der Waals surface area (Å²) in [5.41, 5.74) is 4.13. The van der Waals surface area contributed by atoms with Crippen LogP contribution >= 0.6 is 0 Å². The van der Waals surface area contributed by atoms with Gasteiger partial charge in [-0.3, -0.25) is 25.2 Å². The molecule has 0 saturated heterocycles. The average molecular weight is 314 g/mol. The molecule has 2 aromatic rings. The Balaban J connectivity index is 1.78. The topological polar surface area (TPSA) is 104 Å². The Labute approximate surface area is 132 Å². The number of H-pyrrole nitrogens is 1. The Kier molecular flexibility index (Phi) is 3.85. The number of nitrogens with one attached hydrogen (secondary N) is 3. The zero-order valence-electron chi connectivity index (χ0n) is 12.8. The summed E-state index contributed by atoms with van der Waals surface area (Å²) in [6.45, 7) is 1.90. The Morgan fingerprint density at radius 3 is 2.48 bits per heavy atom. The van der Waals surface area contributed by atoms with Gasteiger partial charge in [-0.2, -0.15) is 5.10 Å². The molecule has 1 aromatic carbocycles. The lowest BCUT2D eigenvalue weighted by Crippen LogP contribution is -2.48. The van der Waals surface area contributed by atoms with Crippen molar-refractivity contribution in [2.45, 2.75) is 32.6 Å². The molecule has 7 heteroatoms. The quantitative estimate of drug-likeness (QED) is 0.726. The van der Waals surface area contributed by atoms with E-state index in [2.05, 4.69) is 21.0 Å². The second-order valence-electron chi connectivity index (χ2n) is 6.12. The summed E-state index contributed by atoms with van der Waals surface area (Å²) in [7, 11) is 0. The fourth-order valence-electron chi connectivity index (χ4n) is 2.99. The van der Waals surface area contributed by atoms with Crippen molar-refractivity contribution >= 4 is 22.6 Å². The van der Waals surface area contributed by atoms with Crippen LogP contribution in [0, 0.1) is 5.41 Å². The van der Waals surface area contributed by atoms with E-state index < -0.39 is 11.3 Å². The molecular formula is C16H18N4O3. The van der Waals surface area contributed by atoms with Gasteiger partial charge in [0.25, 0.3) is 11.5 Å². The maximum absolute atomic E-state index is 12.3. The smallest absolute Gasteiger partial charge is 0.273 e. The highest BCUT2D eigenvalue weighted by atomic mass is 16.2. The lowest BCUT2D eigenvalue weighted by molar-refractivity contribution is -0.130. The van der Waals surface area contributed by atoms with Crippen molar-refractivity contribution in [2.24, 2.45) is 5.41 Å². The maximum Gasteiger partial charge on any atom is 0.290 e. The normalized spacial score (nSPS) is 16.2. The monoisotopic (exact) mass is 314 g/mol. The number of hydrogen-bond acceptors (Lipinski definition) is 4. The van der Waals surface area contributed by atoms with E-state index in [1.165, 1.54) is 0 Å². The van der Waals surface area contributed by atoms with Gasteiger partial charge in [-0.25, -0.2) is 5.10 Å². The van der Waals surface area contributed by atoms with E-state index in [9.17, 15) is 14.4 Å². The van der Waals surface area contributed by atoms with Gasteiger partial charge in [0.05, 0.1) is 5.39 Å². The Hall–Kier alpha value is -2.70. The second kappa shape index (κ2) is 5.83. The molecule has 120 valence electrons. The average Bonchev–Trinajstić information content (AvgIpc) is 3.01. The number of amides is 2. The summed E-state index contributed by atoms with van der Waals surface area (Å²) in [5, 5.41) is 6.91. The lowest BCUT2D eigenvalue weighted by Gasteiger charge is -2.22. The highest BCUT2D eigenvalue weighted by molar-refractivity contribution is 6.05. The zero-order chi connectivity index (χ0) is 16.4. The number of aromatic amines is 1. The Bertz CT molecular complexity index is 821. The Morgan fingerprint density at radius 1 is 1.13 bits per heavy atom. The molecule has 0 radical (unpaired) electrons. The van der Waals surface area contributed by atoms with Crippen LogP contribution < -0.4 is 16.4 Å². The summed E-state index contributed by atoms with van der Waals surface area (Å²) >= 11 is 0. The fourth-order valence-corrected chi connectivity index (χ4v) is 2.99. The zero-order valence-corrected chi connectivity index (χ0v) is 12.8. The second-order valence-corrected chi connectivity index (χ2v) is 6.12. The van der Waals surface area contributed by atoms with Crippen LogP contribution in [0.4, 0.5) is 0 Å². The summed E-state index contributed by atoms with van der Waals surface area (Å²) < 4.78 is 0. The predicted molar refractivity (Wildman–Crippen MR) is 84.5 cm³/mol. The molecule has 1 aliphatic rings. The molecule has 0 bridgehead atoms. The summed E-state index contributed by atoms with van der Waals surface area (Å²) in [6.07, 6.45) is 3.66. The van der Waals surface area contributed by atoms with Crippen molar-refractivity contribution in [3.05, 3.63) is 40.3 Å². The van der Waals surface area contributed by atoms with E-state index in [0.29, 0.717) is 10.8 Å². The third kappa shape index (κ3) is 2.81. The van der Waals surface area contributed by atoms with Crippen LogP contribution in [0.3, 0.4) is 0 Å². The Morgan fingerprint density at radius 2 is 1.78 bits per heavy atom. The van der Waals surface area contributed by atoms with Gasteiger partial charge in [-0.05, 0) is 18.9 Å². The van der Waals surface area contributed by atoms with Crippen LogP contribution in [0.5, 0.6) is 0 Å². The van der Waals surface area contributed by atoms with Gasteiger partial charge < -0.3 is 0 Å². The molecular weight excluding hydrogens is 296 g/mol. The molecule has 3 rings (SSSR count). The highest BCUT2D eigenvalue weighted by Crippen LogP contribution is 2.37. The summed E-state index contributed by atoms with van der Waals surface area (Å²) in [6, 6.07) is 6.69. The van der Waals surface area contributed by atoms with Crippen molar-refractivity contribution in [3.63, 3.8) is 0 Å². The van der Waals surface area contributed by atoms with Crippen LogP contribution in [0.2, 0.25) is 0 Å². The number of aromatic nitrogens is 2. The number of carbonyl (C=O) groups is 2. The molecule has 1 aliphatic carbocycles. The summed E-state index contributed by atoms with van der Waals surface area (Å²) in [5.74, 6) is -0.760.